The Kier molecular flexibility index (Phi) is 4.97. The number of aromatic nitrogens is 1. The zero-order chi connectivity index (χ0) is 17.8. The Balaban J connectivity index is 1.65. The van der Waals surface area contributed by atoms with E-state index in [1.54, 1.807) is 23.0 Å². The Bertz CT molecular complexity index is 764. The predicted octanol–water partition coefficient (Wildman–Crippen LogP) is 2.42. The van der Waals surface area contributed by atoms with Gasteiger partial charge in [-0.3, -0.25) is 14.6 Å². The van der Waals surface area contributed by atoms with Crippen molar-refractivity contribution in [3.63, 3.8) is 0 Å². The van der Waals surface area contributed by atoms with E-state index in [1.807, 2.05) is 49.4 Å². The summed E-state index contributed by atoms with van der Waals surface area (Å²) in [5, 5.41) is 0. The van der Waals surface area contributed by atoms with E-state index in [1.165, 1.54) is 0 Å². The topological polar surface area (TPSA) is 62.7 Å². The minimum absolute atomic E-state index is 0.00534. The van der Waals surface area contributed by atoms with Crippen molar-refractivity contribution in [3.8, 4) is 5.75 Å². The standard InChI is InChI=1S/C19H21N3O3/c1-14(15-7-5-6-11-20-15)21(2)18(23)10-12-22-16-8-3-4-9-17(16)25-13-19(22)24/h3-9,11,14H,10,12-13H2,1-2H3/t14-/m1/s1. The van der Waals surface area contributed by atoms with Gasteiger partial charge in [-0.05, 0) is 31.2 Å². The fourth-order valence-electron chi connectivity index (χ4n) is 2.82. The highest BCUT2D eigenvalue weighted by Gasteiger charge is 2.26. The molecule has 0 saturated carbocycles. The first-order chi connectivity index (χ1) is 12.1. The minimum atomic E-state index is -0.132. The van der Waals surface area contributed by atoms with E-state index in [2.05, 4.69) is 4.98 Å². The SMILES string of the molecule is C[C@H](c1ccccn1)N(C)C(=O)CCN1C(=O)COc2ccccc21. The molecule has 2 heterocycles. The number of para-hydroxylation sites is 2. The van der Waals surface area contributed by atoms with Crippen LogP contribution in [0.4, 0.5) is 5.69 Å². The van der Waals surface area contributed by atoms with Crippen molar-refractivity contribution in [1.29, 1.82) is 0 Å². The summed E-state index contributed by atoms with van der Waals surface area (Å²) in [5.41, 5.74) is 1.55. The van der Waals surface area contributed by atoms with Crippen molar-refractivity contribution in [2.45, 2.75) is 19.4 Å². The molecule has 0 radical (unpaired) electrons. The molecule has 25 heavy (non-hydrogen) atoms. The zero-order valence-corrected chi connectivity index (χ0v) is 14.4. The first-order valence-electron chi connectivity index (χ1n) is 8.26. The first-order valence-corrected chi connectivity index (χ1v) is 8.26. The number of hydrogen-bond donors (Lipinski definition) is 0. The average molecular weight is 339 g/mol. The summed E-state index contributed by atoms with van der Waals surface area (Å²) in [6, 6.07) is 12.9. The van der Waals surface area contributed by atoms with Gasteiger partial charge >= 0.3 is 0 Å². The molecule has 1 aromatic carbocycles. The van der Waals surface area contributed by atoms with Crippen LogP contribution in [-0.2, 0) is 9.59 Å². The smallest absolute Gasteiger partial charge is 0.265 e. The van der Waals surface area contributed by atoms with E-state index in [0.29, 0.717) is 18.0 Å². The lowest BCUT2D eigenvalue weighted by Gasteiger charge is -2.30. The number of nitrogens with zero attached hydrogens (tertiary/aromatic N) is 3. The molecule has 0 spiro atoms. The maximum absolute atomic E-state index is 12.5. The summed E-state index contributed by atoms with van der Waals surface area (Å²) < 4.78 is 5.42. The van der Waals surface area contributed by atoms with Crippen LogP contribution in [-0.4, -0.2) is 41.9 Å². The third-order valence-electron chi connectivity index (χ3n) is 4.45. The van der Waals surface area contributed by atoms with Gasteiger partial charge in [0.1, 0.15) is 5.75 Å². The van der Waals surface area contributed by atoms with Gasteiger partial charge in [-0.15, -0.1) is 0 Å². The highest BCUT2D eigenvalue weighted by Crippen LogP contribution is 2.31. The third-order valence-corrected chi connectivity index (χ3v) is 4.45. The molecule has 1 aromatic heterocycles. The highest BCUT2D eigenvalue weighted by atomic mass is 16.5. The van der Waals surface area contributed by atoms with Crippen LogP contribution >= 0.6 is 0 Å². The number of pyridine rings is 1. The molecular weight excluding hydrogens is 318 g/mol. The van der Waals surface area contributed by atoms with Crippen LogP contribution in [0.1, 0.15) is 25.1 Å². The van der Waals surface area contributed by atoms with Gasteiger partial charge in [-0.2, -0.15) is 0 Å². The molecule has 6 nitrogen and oxygen atoms in total. The second kappa shape index (κ2) is 7.34. The third kappa shape index (κ3) is 3.63. The number of ether oxygens (including phenoxy) is 1. The van der Waals surface area contributed by atoms with E-state index < -0.39 is 0 Å². The maximum atomic E-state index is 12.5. The molecule has 0 fully saturated rings. The van der Waals surface area contributed by atoms with E-state index in [-0.39, 0.29) is 30.9 Å². The molecular formula is C19H21N3O3. The van der Waals surface area contributed by atoms with Gasteiger partial charge in [-0.1, -0.05) is 18.2 Å². The van der Waals surface area contributed by atoms with Crippen LogP contribution in [0.25, 0.3) is 0 Å². The van der Waals surface area contributed by atoms with Crippen LogP contribution in [0, 0.1) is 0 Å². The number of carbonyl (C=O) groups is 2. The van der Waals surface area contributed by atoms with Crippen LogP contribution in [0.5, 0.6) is 5.75 Å². The maximum Gasteiger partial charge on any atom is 0.265 e. The van der Waals surface area contributed by atoms with Gasteiger partial charge in [0, 0.05) is 26.2 Å². The summed E-state index contributed by atoms with van der Waals surface area (Å²) >= 11 is 0. The molecule has 2 amide bonds. The molecule has 0 bridgehead atoms. The van der Waals surface area contributed by atoms with Crippen molar-refractivity contribution < 1.29 is 14.3 Å². The Morgan fingerprint density at radius 3 is 2.80 bits per heavy atom. The van der Waals surface area contributed by atoms with Crippen molar-refractivity contribution in [2.24, 2.45) is 0 Å². The quantitative estimate of drug-likeness (QED) is 0.839. The van der Waals surface area contributed by atoms with Gasteiger partial charge in [0.05, 0.1) is 17.4 Å². The molecule has 2 aromatic rings. The molecule has 3 rings (SSSR count). The normalized spacial score (nSPS) is 14.5. The molecule has 1 aliphatic rings. The first kappa shape index (κ1) is 17.0. The van der Waals surface area contributed by atoms with E-state index in [4.69, 9.17) is 4.74 Å². The van der Waals surface area contributed by atoms with Crippen LogP contribution < -0.4 is 9.64 Å². The van der Waals surface area contributed by atoms with Crippen LogP contribution in [0.15, 0.2) is 48.7 Å². The van der Waals surface area contributed by atoms with E-state index >= 15 is 0 Å². The second-order valence-corrected chi connectivity index (χ2v) is 5.99. The fourth-order valence-corrected chi connectivity index (χ4v) is 2.82. The molecule has 6 heteroatoms. The van der Waals surface area contributed by atoms with Crippen LogP contribution in [0.2, 0.25) is 0 Å². The molecule has 1 atom stereocenters. The number of rotatable bonds is 5. The van der Waals surface area contributed by atoms with Crippen molar-refractivity contribution in [1.82, 2.24) is 9.88 Å². The van der Waals surface area contributed by atoms with Gasteiger partial charge in [0.15, 0.2) is 6.61 Å². The molecule has 0 saturated heterocycles. The number of anilines is 1. The zero-order valence-electron chi connectivity index (χ0n) is 14.4. The molecule has 130 valence electrons. The number of hydrogen-bond acceptors (Lipinski definition) is 4. The lowest BCUT2D eigenvalue weighted by molar-refractivity contribution is -0.131. The second-order valence-electron chi connectivity index (χ2n) is 5.99. The lowest BCUT2D eigenvalue weighted by Crippen LogP contribution is -2.41. The monoisotopic (exact) mass is 339 g/mol. The molecule has 0 N–H and O–H groups in total. The van der Waals surface area contributed by atoms with Gasteiger partial charge in [0.2, 0.25) is 5.91 Å². The fraction of sp³-hybridized carbons (Fsp3) is 0.316. The van der Waals surface area contributed by atoms with Crippen molar-refractivity contribution in [2.75, 3.05) is 25.1 Å². The number of amides is 2. The molecule has 0 unspecified atom stereocenters. The van der Waals surface area contributed by atoms with Gasteiger partial charge in [0.25, 0.3) is 5.91 Å². The van der Waals surface area contributed by atoms with E-state index in [0.717, 1.165) is 5.69 Å². The minimum Gasteiger partial charge on any atom is -0.482 e. The summed E-state index contributed by atoms with van der Waals surface area (Å²) in [5.74, 6) is 0.506. The van der Waals surface area contributed by atoms with Crippen LogP contribution in [0.3, 0.4) is 0 Å². The molecule has 1 aliphatic heterocycles. The predicted molar refractivity (Wildman–Crippen MR) is 94.3 cm³/mol. The summed E-state index contributed by atoms with van der Waals surface area (Å²) in [6.07, 6.45) is 1.96. The van der Waals surface area contributed by atoms with E-state index in [9.17, 15) is 9.59 Å². The van der Waals surface area contributed by atoms with Crippen molar-refractivity contribution in [3.05, 3.63) is 54.4 Å². The Morgan fingerprint density at radius 1 is 1.28 bits per heavy atom. The Labute approximate surface area is 147 Å². The lowest BCUT2D eigenvalue weighted by atomic mass is 10.1. The Hall–Kier alpha value is -2.89. The summed E-state index contributed by atoms with van der Waals surface area (Å²) in [6.45, 7) is 2.28. The van der Waals surface area contributed by atoms with Crippen molar-refractivity contribution >= 4 is 17.5 Å². The summed E-state index contributed by atoms with van der Waals surface area (Å²) in [4.78, 5) is 32.3. The van der Waals surface area contributed by atoms with Gasteiger partial charge < -0.3 is 14.5 Å². The number of carbonyl (C=O) groups excluding carboxylic acids is 2. The number of benzene rings is 1. The summed E-state index contributed by atoms with van der Waals surface area (Å²) in [7, 11) is 1.76. The average Bonchev–Trinajstić information content (AvgIpc) is 2.66. The largest absolute Gasteiger partial charge is 0.482 e. The highest BCUT2D eigenvalue weighted by molar-refractivity contribution is 5.98. The number of fused-ring (bicyclic) bond motifs is 1. The molecule has 0 aliphatic carbocycles. The van der Waals surface area contributed by atoms with Gasteiger partial charge in [-0.25, -0.2) is 0 Å². The Morgan fingerprint density at radius 2 is 2.04 bits per heavy atom.